The molecule has 0 saturated carbocycles. The maximum absolute atomic E-state index is 13.1. The van der Waals surface area contributed by atoms with E-state index in [0.29, 0.717) is 43.9 Å². The Balaban J connectivity index is 1.61. The Bertz CT molecular complexity index is 923. The summed E-state index contributed by atoms with van der Waals surface area (Å²) >= 11 is 0. The third-order valence-corrected chi connectivity index (χ3v) is 7.71. The number of sulfonamides is 1. The molecule has 1 fully saturated rings. The van der Waals surface area contributed by atoms with Gasteiger partial charge in [-0.3, -0.25) is 9.78 Å². The minimum Gasteiger partial charge on any atom is -0.360 e. The summed E-state index contributed by atoms with van der Waals surface area (Å²) in [5, 5.41) is 6.72. The molecule has 158 valence electrons. The predicted molar refractivity (Wildman–Crippen MR) is 107 cm³/mol. The molecule has 2 aromatic rings. The summed E-state index contributed by atoms with van der Waals surface area (Å²) in [6.07, 6.45) is 5.29. The summed E-state index contributed by atoms with van der Waals surface area (Å²) in [5.41, 5.74) is 1.33. The lowest BCUT2D eigenvalue weighted by Crippen LogP contribution is -2.45. The summed E-state index contributed by atoms with van der Waals surface area (Å²) in [5.74, 6) is 0.583. The number of aryl methyl sites for hydroxylation is 2. The van der Waals surface area contributed by atoms with E-state index in [4.69, 9.17) is 4.52 Å². The van der Waals surface area contributed by atoms with Crippen molar-refractivity contribution in [1.82, 2.24) is 19.8 Å². The van der Waals surface area contributed by atoms with Crippen LogP contribution in [0.2, 0.25) is 0 Å². The third-order valence-electron chi connectivity index (χ3n) is 5.60. The highest BCUT2D eigenvalue weighted by Gasteiger charge is 2.38. The van der Waals surface area contributed by atoms with Crippen LogP contribution in [0.3, 0.4) is 0 Å². The first-order valence-corrected chi connectivity index (χ1v) is 11.4. The Kier molecular flexibility index (Phi) is 6.69. The zero-order valence-corrected chi connectivity index (χ0v) is 17.9. The minimum atomic E-state index is -3.65. The number of nitrogens with one attached hydrogen (secondary N) is 1. The summed E-state index contributed by atoms with van der Waals surface area (Å²) in [7, 11) is -3.65. The molecule has 0 spiro atoms. The van der Waals surface area contributed by atoms with Gasteiger partial charge in [0.05, 0.1) is 0 Å². The lowest BCUT2D eigenvalue weighted by molar-refractivity contribution is -0.122. The fourth-order valence-corrected chi connectivity index (χ4v) is 5.79. The molecule has 1 N–H and O–H groups in total. The molecule has 1 amide bonds. The van der Waals surface area contributed by atoms with Crippen LogP contribution < -0.4 is 5.32 Å². The summed E-state index contributed by atoms with van der Waals surface area (Å²) in [6, 6.07) is 3.75. The monoisotopic (exact) mass is 420 g/mol. The standard InChI is InChI=1S/C20H28N4O4S/c1-4-17-13-24(29(26,27)20-14(2)23-28-15(20)3)9-7-18(17)10-19(25)22-12-16-6-5-8-21-11-16/h5-6,8,11,17-18H,4,7,9-10,12-13H2,1-3H3,(H,22,25). The smallest absolute Gasteiger partial charge is 0.248 e. The first kappa shape index (κ1) is 21.4. The largest absolute Gasteiger partial charge is 0.360 e. The molecule has 1 aliphatic rings. The van der Waals surface area contributed by atoms with Gasteiger partial charge in [0.25, 0.3) is 0 Å². The van der Waals surface area contributed by atoms with Crippen molar-refractivity contribution in [2.45, 2.75) is 51.5 Å². The third kappa shape index (κ3) is 4.84. The number of amides is 1. The Hall–Kier alpha value is -2.26. The van der Waals surface area contributed by atoms with Crippen molar-refractivity contribution in [2.75, 3.05) is 13.1 Å². The molecule has 0 aromatic carbocycles. The van der Waals surface area contributed by atoms with E-state index in [9.17, 15) is 13.2 Å². The van der Waals surface area contributed by atoms with Gasteiger partial charge in [-0.2, -0.15) is 4.31 Å². The van der Waals surface area contributed by atoms with Crippen LogP contribution in [0.15, 0.2) is 33.9 Å². The molecule has 8 nitrogen and oxygen atoms in total. The highest BCUT2D eigenvalue weighted by Crippen LogP contribution is 2.33. The van der Waals surface area contributed by atoms with Gasteiger partial charge in [0, 0.05) is 38.4 Å². The molecule has 1 saturated heterocycles. The minimum absolute atomic E-state index is 0.0145. The molecular weight excluding hydrogens is 392 g/mol. The average Bonchev–Trinajstić information content (AvgIpc) is 3.06. The van der Waals surface area contributed by atoms with Crippen molar-refractivity contribution < 1.29 is 17.7 Å². The van der Waals surface area contributed by atoms with Gasteiger partial charge in [0.15, 0.2) is 5.76 Å². The van der Waals surface area contributed by atoms with Crippen molar-refractivity contribution in [3.8, 4) is 0 Å². The van der Waals surface area contributed by atoms with Crippen molar-refractivity contribution in [1.29, 1.82) is 0 Å². The number of piperidine rings is 1. The van der Waals surface area contributed by atoms with Crippen LogP contribution in [0.1, 0.15) is 43.2 Å². The van der Waals surface area contributed by atoms with Crippen LogP contribution >= 0.6 is 0 Å². The maximum atomic E-state index is 13.1. The van der Waals surface area contributed by atoms with Gasteiger partial charge in [-0.1, -0.05) is 24.6 Å². The normalized spacial score (nSPS) is 20.5. The first-order valence-electron chi connectivity index (χ1n) is 9.91. The van der Waals surface area contributed by atoms with E-state index in [1.54, 1.807) is 26.2 Å². The summed E-state index contributed by atoms with van der Waals surface area (Å²) in [4.78, 5) is 16.6. The van der Waals surface area contributed by atoms with Gasteiger partial charge in [0.2, 0.25) is 15.9 Å². The van der Waals surface area contributed by atoms with E-state index < -0.39 is 10.0 Å². The average molecular weight is 421 g/mol. The molecule has 3 heterocycles. The molecule has 0 radical (unpaired) electrons. The van der Waals surface area contributed by atoms with Crippen molar-refractivity contribution >= 4 is 15.9 Å². The van der Waals surface area contributed by atoms with E-state index in [2.05, 4.69) is 15.5 Å². The number of hydrogen-bond acceptors (Lipinski definition) is 6. The van der Waals surface area contributed by atoms with Crippen LogP contribution in [0.25, 0.3) is 0 Å². The maximum Gasteiger partial charge on any atom is 0.248 e. The van der Waals surface area contributed by atoms with Gasteiger partial charge >= 0.3 is 0 Å². The van der Waals surface area contributed by atoms with Crippen LogP contribution in [0.4, 0.5) is 0 Å². The Labute approximate surface area is 171 Å². The first-order chi connectivity index (χ1) is 13.8. The van der Waals surface area contributed by atoms with Crippen LogP contribution in [0.5, 0.6) is 0 Å². The predicted octanol–water partition coefficient (Wildman–Crippen LogP) is 2.43. The topological polar surface area (TPSA) is 105 Å². The second kappa shape index (κ2) is 9.04. The van der Waals surface area contributed by atoms with E-state index in [0.717, 1.165) is 12.0 Å². The quantitative estimate of drug-likeness (QED) is 0.737. The van der Waals surface area contributed by atoms with E-state index >= 15 is 0 Å². The number of pyridine rings is 1. The van der Waals surface area contributed by atoms with Gasteiger partial charge in [0.1, 0.15) is 10.6 Å². The van der Waals surface area contributed by atoms with Crippen LogP contribution in [-0.4, -0.2) is 41.9 Å². The Morgan fingerprint density at radius 2 is 2.14 bits per heavy atom. The van der Waals surface area contributed by atoms with Crippen molar-refractivity contribution in [3.05, 3.63) is 41.5 Å². The number of carbonyl (C=O) groups is 1. The number of nitrogens with zero attached hydrogens (tertiary/aromatic N) is 3. The SMILES string of the molecule is CCC1CN(S(=O)(=O)c2c(C)noc2C)CCC1CC(=O)NCc1cccnc1. The van der Waals surface area contributed by atoms with E-state index in [-0.39, 0.29) is 22.6 Å². The fraction of sp³-hybridized carbons (Fsp3) is 0.550. The molecule has 1 aliphatic heterocycles. The number of aromatic nitrogens is 2. The molecule has 3 rings (SSSR count). The van der Waals surface area contributed by atoms with Crippen LogP contribution in [-0.2, 0) is 21.4 Å². The molecule has 2 atom stereocenters. The zero-order valence-electron chi connectivity index (χ0n) is 17.1. The lowest BCUT2D eigenvalue weighted by Gasteiger charge is -2.37. The molecule has 0 aliphatic carbocycles. The number of hydrogen-bond donors (Lipinski definition) is 1. The second-order valence-electron chi connectivity index (χ2n) is 7.58. The zero-order chi connectivity index (χ0) is 21.0. The molecule has 0 bridgehead atoms. The molecule has 9 heteroatoms. The summed E-state index contributed by atoms with van der Waals surface area (Å²) in [6.45, 7) is 6.54. The highest BCUT2D eigenvalue weighted by molar-refractivity contribution is 7.89. The van der Waals surface area contributed by atoms with E-state index in [1.807, 2.05) is 19.1 Å². The van der Waals surface area contributed by atoms with Crippen molar-refractivity contribution in [2.24, 2.45) is 11.8 Å². The number of carbonyl (C=O) groups excluding carboxylic acids is 1. The summed E-state index contributed by atoms with van der Waals surface area (Å²) < 4.78 is 32.7. The van der Waals surface area contributed by atoms with Crippen molar-refractivity contribution in [3.63, 3.8) is 0 Å². The number of rotatable bonds is 7. The van der Waals surface area contributed by atoms with Gasteiger partial charge in [-0.05, 0) is 43.7 Å². The molecule has 29 heavy (non-hydrogen) atoms. The van der Waals surface area contributed by atoms with E-state index in [1.165, 1.54) is 4.31 Å². The molecule has 2 unspecified atom stereocenters. The second-order valence-corrected chi connectivity index (χ2v) is 9.45. The van der Waals surface area contributed by atoms with Gasteiger partial charge in [-0.15, -0.1) is 0 Å². The lowest BCUT2D eigenvalue weighted by atomic mass is 9.82. The van der Waals surface area contributed by atoms with Gasteiger partial charge < -0.3 is 9.84 Å². The Morgan fingerprint density at radius 1 is 1.34 bits per heavy atom. The fourth-order valence-electron chi connectivity index (χ4n) is 3.98. The molecule has 2 aromatic heterocycles. The molecular formula is C20H28N4O4S. The highest BCUT2D eigenvalue weighted by atomic mass is 32.2. The Morgan fingerprint density at radius 3 is 2.76 bits per heavy atom. The van der Waals surface area contributed by atoms with Crippen LogP contribution in [0, 0.1) is 25.7 Å². The van der Waals surface area contributed by atoms with Gasteiger partial charge in [-0.25, -0.2) is 8.42 Å².